The summed E-state index contributed by atoms with van der Waals surface area (Å²) in [5, 5.41) is -0.429. The summed E-state index contributed by atoms with van der Waals surface area (Å²) < 4.78 is 34.5. The number of nitrogens with zero attached hydrogens (tertiary/aromatic N) is 1. The number of hydrogen-bond acceptors (Lipinski definition) is 3. The van der Waals surface area contributed by atoms with Gasteiger partial charge in [-0.3, -0.25) is 4.79 Å². The topological polar surface area (TPSA) is 54.5 Å². The lowest BCUT2D eigenvalue weighted by atomic mass is 10.1. The van der Waals surface area contributed by atoms with Crippen LogP contribution in [0, 0.1) is 0 Å². The molecular formula is C12H12Cl2FNO3S. The van der Waals surface area contributed by atoms with Crippen LogP contribution in [0.3, 0.4) is 0 Å². The summed E-state index contributed by atoms with van der Waals surface area (Å²) in [5.41, 5.74) is 0.763. The zero-order valence-electron chi connectivity index (χ0n) is 10.4. The molecule has 0 aliphatic carbocycles. The molecule has 0 radical (unpaired) electrons. The zero-order valence-corrected chi connectivity index (χ0v) is 12.7. The number of rotatable bonds is 4. The van der Waals surface area contributed by atoms with Gasteiger partial charge < -0.3 is 4.90 Å². The fourth-order valence-electron chi connectivity index (χ4n) is 2.14. The van der Waals surface area contributed by atoms with Crippen LogP contribution in [0.2, 0.25) is 10.0 Å². The second-order valence-electron chi connectivity index (χ2n) is 4.60. The summed E-state index contributed by atoms with van der Waals surface area (Å²) in [7, 11) is -4.68. The Morgan fingerprint density at radius 3 is 2.65 bits per heavy atom. The largest absolute Gasteiger partial charge is 0.341 e. The molecular weight excluding hydrogens is 328 g/mol. The van der Waals surface area contributed by atoms with Crippen molar-refractivity contribution in [2.75, 3.05) is 13.1 Å². The fourth-order valence-corrected chi connectivity index (χ4v) is 3.25. The molecule has 1 amide bonds. The first-order valence-electron chi connectivity index (χ1n) is 5.93. The Bertz CT molecular complexity index is 636. The number of hydrogen-bond donors (Lipinski definition) is 0. The van der Waals surface area contributed by atoms with E-state index in [0.717, 1.165) is 5.56 Å². The molecule has 0 spiro atoms. The molecule has 2 rings (SSSR count). The predicted molar refractivity (Wildman–Crippen MR) is 75.2 cm³/mol. The molecule has 8 heteroatoms. The Morgan fingerprint density at radius 2 is 2.05 bits per heavy atom. The van der Waals surface area contributed by atoms with E-state index in [1.165, 1.54) is 4.90 Å². The smallest absolute Gasteiger partial charge is 0.307 e. The molecule has 110 valence electrons. The maximum Gasteiger partial charge on any atom is 0.307 e. The maximum absolute atomic E-state index is 12.9. The van der Waals surface area contributed by atoms with Gasteiger partial charge in [0.15, 0.2) is 0 Å². The van der Waals surface area contributed by atoms with Gasteiger partial charge in [0.25, 0.3) is 0 Å². The van der Waals surface area contributed by atoms with E-state index in [1.807, 2.05) is 0 Å². The minimum Gasteiger partial charge on any atom is -0.341 e. The van der Waals surface area contributed by atoms with Crippen LogP contribution in [0.25, 0.3) is 0 Å². The van der Waals surface area contributed by atoms with Gasteiger partial charge in [-0.15, -0.1) is 3.89 Å². The number of halogens is 3. The van der Waals surface area contributed by atoms with Crippen LogP contribution < -0.4 is 0 Å². The van der Waals surface area contributed by atoms with E-state index in [9.17, 15) is 17.1 Å². The van der Waals surface area contributed by atoms with Crippen molar-refractivity contribution in [1.82, 2.24) is 4.90 Å². The molecule has 1 atom stereocenters. The molecule has 20 heavy (non-hydrogen) atoms. The monoisotopic (exact) mass is 339 g/mol. The van der Waals surface area contributed by atoms with Crippen molar-refractivity contribution >= 4 is 39.3 Å². The Labute approximate surface area is 126 Å². The van der Waals surface area contributed by atoms with E-state index in [4.69, 9.17) is 23.2 Å². The minimum atomic E-state index is -4.68. The van der Waals surface area contributed by atoms with Crippen LogP contribution in [-0.4, -0.2) is 37.6 Å². The summed E-state index contributed by atoms with van der Waals surface area (Å²) in [6, 6.07) is 5.17. The number of likely N-dealkylation sites (tertiary alicyclic amines) is 1. The fraction of sp³-hybridized carbons (Fsp3) is 0.417. The Morgan fingerprint density at radius 1 is 1.35 bits per heavy atom. The van der Waals surface area contributed by atoms with Gasteiger partial charge in [0.05, 0.1) is 10.0 Å². The zero-order chi connectivity index (χ0) is 14.9. The Kier molecular flexibility index (Phi) is 4.56. The minimum absolute atomic E-state index is 0.115. The van der Waals surface area contributed by atoms with Gasteiger partial charge in [0.2, 0.25) is 5.91 Å². The SMILES string of the molecule is O=C1CC(S(=O)(=O)F)CN1CCc1cccc(Cl)c1Cl. The van der Waals surface area contributed by atoms with Gasteiger partial charge in [0.1, 0.15) is 5.25 Å². The molecule has 1 aromatic rings. The molecule has 1 aliphatic heterocycles. The molecule has 0 bridgehead atoms. The second kappa shape index (κ2) is 5.87. The highest BCUT2D eigenvalue weighted by Gasteiger charge is 2.38. The van der Waals surface area contributed by atoms with Crippen LogP contribution in [-0.2, 0) is 21.4 Å². The third-order valence-electron chi connectivity index (χ3n) is 3.26. The van der Waals surface area contributed by atoms with Crippen molar-refractivity contribution in [3.8, 4) is 0 Å². The summed E-state index contributed by atoms with van der Waals surface area (Å²) in [6.07, 6.45) is 0.131. The van der Waals surface area contributed by atoms with Crippen molar-refractivity contribution in [2.24, 2.45) is 0 Å². The van der Waals surface area contributed by atoms with Crippen LogP contribution in [0.4, 0.5) is 3.89 Å². The maximum atomic E-state index is 12.9. The van der Waals surface area contributed by atoms with E-state index in [2.05, 4.69) is 0 Å². The van der Waals surface area contributed by atoms with Gasteiger partial charge in [-0.1, -0.05) is 35.3 Å². The average Bonchev–Trinajstić information content (AvgIpc) is 2.73. The van der Waals surface area contributed by atoms with Gasteiger partial charge in [0, 0.05) is 19.5 Å². The van der Waals surface area contributed by atoms with E-state index in [1.54, 1.807) is 18.2 Å². The van der Waals surface area contributed by atoms with E-state index in [0.29, 0.717) is 16.5 Å². The molecule has 4 nitrogen and oxygen atoms in total. The lowest BCUT2D eigenvalue weighted by Gasteiger charge is -2.16. The third-order valence-corrected chi connectivity index (χ3v) is 5.23. The molecule has 1 heterocycles. The van der Waals surface area contributed by atoms with Crippen LogP contribution in [0.5, 0.6) is 0 Å². The predicted octanol–water partition coefficient (Wildman–Crippen LogP) is 2.44. The van der Waals surface area contributed by atoms with Crippen LogP contribution >= 0.6 is 23.2 Å². The summed E-state index contributed by atoms with van der Waals surface area (Å²) >= 11 is 11.9. The first-order chi connectivity index (χ1) is 9.29. The highest BCUT2D eigenvalue weighted by molar-refractivity contribution is 7.87. The van der Waals surface area contributed by atoms with E-state index < -0.39 is 15.5 Å². The van der Waals surface area contributed by atoms with E-state index in [-0.39, 0.29) is 25.4 Å². The second-order valence-corrected chi connectivity index (χ2v) is 7.01. The lowest BCUT2D eigenvalue weighted by Crippen LogP contribution is -2.29. The molecule has 1 fully saturated rings. The average molecular weight is 340 g/mol. The molecule has 0 N–H and O–H groups in total. The lowest BCUT2D eigenvalue weighted by molar-refractivity contribution is -0.127. The van der Waals surface area contributed by atoms with Gasteiger partial charge in [-0.2, -0.15) is 8.42 Å². The van der Waals surface area contributed by atoms with Crippen molar-refractivity contribution in [2.45, 2.75) is 18.1 Å². The number of amides is 1. The van der Waals surface area contributed by atoms with Gasteiger partial charge in [-0.05, 0) is 18.1 Å². The highest BCUT2D eigenvalue weighted by atomic mass is 35.5. The number of carbonyl (C=O) groups is 1. The molecule has 1 aliphatic rings. The highest BCUT2D eigenvalue weighted by Crippen LogP contribution is 2.26. The van der Waals surface area contributed by atoms with Crippen molar-refractivity contribution in [3.05, 3.63) is 33.8 Å². The first kappa shape index (κ1) is 15.5. The number of carbonyl (C=O) groups excluding carboxylic acids is 1. The normalized spacial score (nSPS) is 19.6. The van der Waals surface area contributed by atoms with Crippen LogP contribution in [0.1, 0.15) is 12.0 Å². The summed E-state index contributed by atoms with van der Waals surface area (Å²) in [5.74, 6) is -0.366. The van der Waals surface area contributed by atoms with Crippen molar-refractivity contribution in [3.63, 3.8) is 0 Å². The standard InChI is InChI=1S/C12H12Cl2FNO3S/c13-10-3-1-2-8(12(10)14)4-5-16-7-9(6-11(16)17)20(15,18)19/h1-3,9H,4-7H2. The summed E-state index contributed by atoms with van der Waals surface area (Å²) in [6.45, 7) is 0.167. The van der Waals surface area contributed by atoms with Crippen molar-refractivity contribution < 1.29 is 17.1 Å². The van der Waals surface area contributed by atoms with E-state index >= 15 is 0 Å². The molecule has 1 unspecified atom stereocenters. The van der Waals surface area contributed by atoms with Crippen LogP contribution in [0.15, 0.2) is 18.2 Å². The molecule has 1 aromatic carbocycles. The van der Waals surface area contributed by atoms with Crippen molar-refractivity contribution in [1.29, 1.82) is 0 Å². The molecule has 0 saturated carbocycles. The number of benzene rings is 1. The van der Waals surface area contributed by atoms with Gasteiger partial charge in [-0.25, -0.2) is 0 Å². The Hall–Kier alpha value is -0.850. The quantitative estimate of drug-likeness (QED) is 0.791. The molecule has 1 saturated heterocycles. The first-order valence-corrected chi connectivity index (χ1v) is 8.13. The summed E-state index contributed by atoms with van der Waals surface area (Å²) in [4.78, 5) is 13.0. The van der Waals surface area contributed by atoms with Gasteiger partial charge >= 0.3 is 10.2 Å². The third kappa shape index (κ3) is 3.42. The molecule has 0 aromatic heterocycles. The Balaban J connectivity index is 2.02.